The number of hydrogen-bond acceptors (Lipinski definition) is 2. The molecule has 2 amide bonds. The zero-order valence-corrected chi connectivity index (χ0v) is 12.7. The van der Waals surface area contributed by atoms with Crippen LogP contribution < -0.4 is 10.2 Å². The molecule has 1 heterocycles. The van der Waals surface area contributed by atoms with E-state index in [0.717, 1.165) is 22.4 Å². The van der Waals surface area contributed by atoms with Crippen molar-refractivity contribution in [2.24, 2.45) is 0 Å². The third-order valence-corrected chi connectivity index (χ3v) is 3.99. The van der Waals surface area contributed by atoms with Crippen molar-refractivity contribution in [1.29, 1.82) is 0 Å². The van der Waals surface area contributed by atoms with E-state index >= 15 is 0 Å². The third-order valence-electron chi connectivity index (χ3n) is 3.99. The summed E-state index contributed by atoms with van der Waals surface area (Å²) in [6.07, 6.45) is 0.436. The molecule has 0 bridgehead atoms. The van der Waals surface area contributed by atoms with Crippen LogP contribution in [-0.2, 0) is 17.8 Å². The van der Waals surface area contributed by atoms with Gasteiger partial charge in [0.1, 0.15) is 0 Å². The normalized spacial score (nSPS) is 13.2. The number of amides is 2. The van der Waals surface area contributed by atoms with Crippen molar-refractivity contribution in [1.82, 2.24) is 5.32 Å². The van der Waals surface area contributed by atoms with E-state index in [1.807, 2.05) is 49.4 Å². The maximum Gasteiger partial charge on any atom is 0.251 e. The minimum Gasteiger partial charge on any atom is -0.348 e. The van der Waals surface area contributed by atoms with Crippen molar-refractivity contribution >= 4 is 17.5 Å². The quantitative estimate of drug-likeness (QED) is 0.945. The number of aryl methyl sites for hydroxylation is 1. The molecule has 0 fully saturated rings. The average Bonchev–Trinajstić information content (AvgIpc) is 2.80. The lowest BCUT2D eigenvalue weighted by Crippen LogP contribution is -2.22. The zero-order valence-electron chi connectivity index (χ0n) is 12.7. The van der Waals surface area contributed by atoms with Crippen LogP contribution in [0.3, 0.4) is 0 Å². The number of rotatable bonds is 3. The molecule has 0 saturated carbocycles. The van der Waals surface area contributed by atoms with E-state index in [4.69, 9.17) is 0 Å². The first-order valence-electron chi connectivity index (χ1n) is 7.28. The summed E-state index contributed by atoms with van der Waals surface area (Å²) < 4.78 is 0. The Kier molecular flexibility index (Phi) is 3.67. The molecular formula is C18H18N2O2. The fourth-order valence-electron chi connectivity index (χ4n) is 2.62. The summed E-state index contributed by atoms with van der Waals surface area (Å²) in [5.41, 5.74) is 4.76. The topological polar surface area (TPSA) is 49.4 Å². The van der Waals surface area contributed by atoms with Crippen molar-refractivity contribution in [2.45, 2.75) is 19.9 Å². The van der Waals surface area contributed by atoms with Gasteiger partial charge in [0.25, 0.3) is 5.91 Å². The van der Waals surface area contributed by atoms with Crippen LogP contribution in [-0.4, -0.2) is 18.9 Å². The highest BCUT2D eigenvalue weighted by molar-refractivity contribution is 6.01. The Morgan fingerprint density at radius 3 is 2.64 bits per heavy atom. The second-order valence-electron chi connectivity index (χ2n) is 5.64. The Morgan fingerprint density at radius 2 is 1.91 bits per heavy atom. The summed E-state index contributed by atoms with van der Waals surface area (Å²) in [5, 5.41) is 2.91. The van der Waals surface area contributed by atoms with Crippen molar-refractivity contribution in [2.75, 3.05) is 11.9 Å². The Balaban J connectivity index is 1.67. The van der Waals surface area contributed by atoms with Gasteiger partial charge in [-0.2, -0.15) is 0 Å². The van der Waals surface area contributed by atoms with Gasteiger partial charge in [0.05, 0.1) is 6.42 Å². The highest BCUT2D eigenvalue weighted by Gasteiger charge is 2.23. The lowest BCUT2D eigenvalue weighted by atomic mass is 10.1. The highest BCUT2D eigenvalue weighted by Crippen LogP contribution is 2.28. The molecule has 4 heteroatoms. The van der Waals surface area contributed by atoms with Gasteiger partial charge in [-0.1, -0.05) is 29.8 Å². The summed E-state index contributed by atoms with van der Waals surface area (Å²) in [6, 6.07) is 13.4. The molecule has 2 aromatic carbocycles. The molecule has 0 radical (unpaired) electrons. The summed E-state index contributed by atoms with van der Waals surface area (Å²) in [7, 11) is 1.78. The molecule has 0 aliphatic carbocycles. The van der Waals surface area contributed by atoms with Crippen LogP contribution in [0.25, 0.3) is 0 Å². The van der Waals surface area contributed by atoms with Crippen LogP contribution in [0.15, 0.2) is 42.5 Å². The number of hydrogen-bond donors (Lipinski definition) is 1. The van der Waals surface area contributed by atoms with E-state index in [1.54, 1.807) is 11.9 Å². The largest absolute Gasteiger partial charge is 0.348 e. The van der Waals surface area contributed by atoms with E-state index in [0.29, 0.717) is 18.5 Å². The van der Waals surface area contributed by atoms with Gasteiger partial charge in [-0.25, -0.2) is 0 Å². The van der Waals surface area contributed by atoms with Gasteiger partial charge < -0.3 is 10.2 Å². The lowest BCUT2D eigenvalue weighted by molar-refractivity contribution is -0.117. The summed E-state index contributed by atoms with van der Waals surface area (Å²) in [6.45, 7) is 2.45. The third kappa shape index (κ3) is 2.72. The molecule has 1 aliphatic heterocycles. The predicted octanol–water partition coefficient (Wildman–Crippen LogP) is 2.44. The van der Waals surface area contributed by atoms with Crippen LogP contribution >= 0.6 is 0 Å². The van der Waals surface area contributed by atoms with Crippen molar-refractivity contribution < 1.29 is 9.59 Å². The number of likely N-dealkylation sites (N-methyl/N-ethyl adjacent to an activating group) is 1. The molecule has 3 rings (SSSR count). The molecule has 0 saturated heterocycles. The van der Waals surface area contributed by atoms with Crippen LogP contribution in [0, 0.1) is 6.92 Å². The van der Waals surface area contributed by atoms with Gasteiger partial charge in [0, 0.05) is 24.8 Å². The van der Waals surface area contributed by atoms with E-state index in [-0.39, 0.29) is 11.8 Å². The minimum absolute atomic E-state index is 0.0892. The van der Waals surface area contributed by atoms with E-state index in [1.165, 1.54) is 0 Å². The second-order valence-corrected chi connectivity index (χ2v) is 5.64. The first-order valence-corrected chi connectivity index (χ1v) is 7.28. The van der Waals surface area contributed by atoms with E-state index in [2.05, 4.69) is 5.32 Å². The average molecular weight is 294 g/mol. The summed E-state index contributed by atoms with van der Waals surface area (Å²) in [5.74, 6) is 0.0181. The second kappa shape index (κ2) is 5.64. The van der Waals surface area contributed by atoms with Crippen LogP contribution in [0.2, 0.25) is 0 Å². The Labute approximate surface area is 129 Å². The number of carbonyl (C=O) groups is 2. The zero-order chi connectivity index (χ0) is 15.7. The molecule has 0 atom stereocenters. The first-order chi connectivity index (χ1) is 10.5. The van der Waals surface area contributed by atoms with Crippen LogP contribution in [0.4, 0.5) is 5.69 Å². The molecular weight excluding hydrogens is 276 g/mol. The lowest BCUT2D eigenvalue weighted by Gasteiger charge is -2.11. The minimum atomic E-state index is -0.0892. The van der Waals surface area contributed by atoms with Crippen molar-refractivity contribution in [3.05, 3.63) is 64.7 Å². The molecule has 22 heavy (non-hydrogen) atoms. The number of anilines is 1. The molecule has 1 aliphatic rings. The molecule has 1 N–H and O–H groups in total. The fourth-order valence-corrected chi connectivity index (χ4v) is 2.62. The summed E-state index contributed by atoms with van der Waals surface area (Å²) >= 11 is 0. The molecule has 0 aromatic heterocycles. The van der Waals surface area contributed by atoms with Crippen LogP contribution in [0.5, 0.6) is 0 Å². The van der Waals surface area contributed by atoms with Crippen LogP contribution in [0.1, 0.15) is 27.0 Å². The monoisotopic (exact) mass is 294 g/mol. The standard InChI is InChI=1S/C18H18N2O2/c1-12-3-6-14(7-4-12)18(22)19-11-13-5-8-16-15(9-13)10-17(21)20(16)2/h3-9H,10-11H2,1-2H3,(H,19,22). The molecule has 0 unspecified atom stereocenters. The van der Waals surface area contributed by atoms with Gasteiger partial charge in [0.15, 0.2) is 0 Å². The molecule has 4 nitrogen and oxygen atoms in total. The van der Waals surface area contributed by atoms with Gasteiger partial charge in [-0.3, -0.25) is 9.59 Å². The Morgan fingerprint density at radius 1 is 1.18 bits per heavy atom. The van der Waals surface area contributed by atoms with E-state index < -0.39 is 0 Å². The van der Waals surface area contributed by atoms with Gasteiger partial charge in [-0.15, -0.1) is 0 Å². The maximum absolute atomic E-state index is 12.1. The van der Waals surface area contributed by atoms with Gasteiger partial charge >= 0.3 is 0 Å². The summed E-state index contributed by atoms with van der Waals surface area (Å²) in [4.78, 5) is 25.4. The number of nitrogens with zero attached hydrogens (tertiary/aromatic N) is 1. The predicted molar refractivity (Wildman–Crippen MR) is 85.9 cm³/mol. The number of nitrogens with one attached hydrogen (secondary N) is 1. The SMILES string of the molecule is Cc1ccc(C(=O)NCc2ccc3c(c2)CC(=O)N3C)cc1. The molecule has 2 aromatic rings. The van der Waals surface area contributed by atoms with Gasteiger partial charge in [-0.05, 0) is 36.2 Å². The molecule has 112 valence electrons. The first kappa shape index (κ1) is 14.3. The smallest absolute Gasteiger partial charge is 0.251 e. The number of benzene rings is 2. The number of carbonyl (C=O) groups excluding carboxylic acids is 2. The fraction of sp³-hybridized carbons (Fsp3) is 0.222. The Bertz CT molecular complexity index is 735. The highest BCUT2D eigenvalue weighted by atomic mass is 16.2. The number of fused-ring (bicyclic) bond motifs is 1. The Hall–Kier alpha value is -2.62. The van der Waals surface area contributed by atoms with Crippen molar-refractivity contribution in [3.8, 4) is 0 Å². The van der Waals surface area contributed by atoms with Crippen molar-refractivity contribution in [3.63, 3.8) is 0 Å². The molecule has 0 spiro atoms. The van der Waals surface area contributed by atoms with E-state index in [9.17, 15) is 9.59 Å². The maximum atomic E-state index is 12.1. The van der Waals surface area contributed by atoms with Gasteiger partial charge in [0.2, 0.25) is 5.91 Å².